The van der Waals surface area contributed by atoms with Crippen LogP contribution in [0.3, 0.4) is 0 Å². The number of benzene rings is 2. The van der Waals surface area contributed by atoms with Gasteiger partial charge in [-0.2, -0.15) is 0 Å². The molecule has 0 aromatic heterocycles. The van der Waals surface area contributed by atoms with Crippen molar-refractivity contribution >= 4 is 0 Å². The molecule has 2 aliphatic rings. The maximum Gasteiger partial charge on any atom is 0.0717 e. The van der Waals surface area contributed by atoms with E-state index in [0.717, 1.165) is 13.2 Å². The molecule has 1 saturated carbocycles. The van der Waals surface area contributed by atoms with E-state index in [1.165, 1.54) is 17.5 Å². The van der Waals surface area contributed by atoms with E-state index >= 15 is 0 Å². The highest BCUT2D eigenvalue weighted by atomic mass is 16.5. The molecule has 1 fully saturated rings. The van der Waals surface area contributed by atoms with Crippen molar-refractivity contribution in [2.45, 2.75) is 19.6 Å². The summed E-state index contributed by atoms with van der Waals surface area (Å²) in [5.41, 5.74) is 2.50. The molecule has 0 radical (unpaired) electrons. The maximum absolute atomic E-state index is 6.06. The Bertz CT molecular complexity index is 620. The predicted molar refractivity (Wildman–Crippen MR) is 99.9 cm³/mol. The van der Waals surface area contributed by atoms with Crippen LogP contribution in [0.25, 0.3) is 0 Å². The van der Waals surface area contributed by atoms with Gasteiger partial charge in [-0.25, -0.2) is 0 Å². The van der Waals surface area contributed by atoms with E-state index in [0.29, 0.717) is 36.9 Å². The zero-order valence-corrected chi connectivity index (χ0v) is 14.6. The fraction of sp³-hybridized carbons (Fsp3) is 0.391. The van der Waals surface area contributed by atoms with Crippen molar-refractivity contribution in [1.29, 1.82) is 0 Å². The van der Waals surface area contributed by atoms with E-state index < -0.39 is 0 Å². The molecule has 0 N–H and O–H groups in total. The number of rotatable bonds is 8. The molecule has 0 aliphatic heterocycles. The summed E-state index contributed by atoms with van der Waals surface area (Å²) in [6.07, 6.45) is 6.07. The first-order valence-electron chi connectivity index (χ1n) is 9.32. The molecule has 0 saturated heterocycles. The highest BCUT2D eigenvalue weighted by Crippen LogP contribution is 2.48. The van der Waals surface area contributed by atoms with Crippen molar-refractivity contribution < 1.29 is 9.47 Å². The second-order valence-corrected chi connectivity index (χ2v) is 7.28. The molecule has 4 rings (SSSR count). The summed E-state index contributed by atoms with van der Waals surface area (Å²) in [4.78, 5) is 0. The van der Waals surface area contributed by atoms with Gasteiger partial charge in [-0.3, -0.25) is 0 Å². The van der Waals surface area contributed by atoms with Gasteiger partial charge in [0, 0.05) is 0 Å². The Labute approximate surface area is 150 Å². The van der Waals surface area contributed by atoms with Crippen LogP contribution in [-0.2, 0) is 22.7 Å². The Morgan fingerprint density at radius 2 is 1.08 bits per heavy atom. The Morgan fingerprint density at radius 3 is 1.52 bits per heavy atom. The molecule has 2 heteroatoms. The second kappa shape index (κ2) is 7.99. The molecule has 2 bridgehead atoms. The van der Waals surface area contributed by atoms with Crippen molar-refractivity contribution in [3.63, 3.8) is 0 Å². The molecule has 2 nitrogen and oxygen atoms in total. The van der Waals surface area contributed by atoms with E-state index in [4.69, 9.17) is 9.47 Å². The molecule has 2 aliphatic carbocycles. The fourth-order valence-corrected chi connectivity index (χ4v) is 4.30. The summed E-state index contributed by atoms with van der Waals surface area (Å²) < 4.78 is 12.1. The Morgan fingerprint density at radius 1 is 0.640 bits per heavy atom. The molecule has 2 aromatic carbocycles. The SMILES string of the molecule is C1=C[C@H]2C[C@@H]1[C@H](COCc1ccccc1)[C@@H]2COCc1ccccc1. The zero-order chi connectivity index (χ0) is 16.9. The fourth-order valence-electron chi connectivity index (χ4n) is 4.30. The average molecular weight is 334 g/mol. The number of hydrogen-bond donors (Lipinski definition) is 0. The van der Waals surface area contributed by atoms with Crippen LogP contribution < -0.4 is 0 Å². The lowest BCUT2D eigenvalue weighted by molar-refractivity contribution is 0.0176. The lowest BCUT2D eigenvalue weighted by Gasteiger charge is -2.28. The summed E-state index contributed by atoms with van der Waals surface area (Å²) in [5, 5.41) is 0. The van der Waals surface area contributed by atoms with E-state index in [9.17, 15) is 0 Å². The molecule has 4 atom stereocenters. The van der Waals surface area contributed by atoms with Gasteiger partial charge < -0.3 is 9.47 Å². The Balaban J connectivity index is 1.28. The van der Waals surface area contributed by atoms with Crippen LogP contribution in [0.4, 0.5) is 0 Å². The third-order valence-corrected chi connectivity index (χ3v) is 5.64. The van der Waals surface area contributed by atoms with Crippen LogP contribution in [0.15, 0.2) is 72.8 Å². The third-order valence-electron chi connectivity index (χ3n) is 5.64. The summed E-state index contributed by atoms with van der Waals surface area (Å²) in [6, 6.07) is 20.9. The number of ether oxygens (including phenoxy) is 2. The molecule has 0 amide bonds. The van der Waals surface area contributed by atoms with Crippen LogP contribution >= 0.6 is 0 Å². The third kappa shape index (κ3) is 4.02. The summed E-state index contributed by atoms with van der Waals surface area (Å²) >= 11 is 0. The van der Waals surface area contributed by atoms with Crippen LogP contribution in [0.1, 0.15) is 17.5 Å². The average Bonchev–Trinajstić information content (AvgIpc) is 3.26. The highest BCUT2D eigenvalue weighted by molar-refractivity contribution is 5.16. The van der Waals surface area contributed by atoms with Gasteiger partial charge in [0.1, 0.15) is 0 Å². The van der Waals surface area contributed by atoms with Crippen LogP contribution in [0.2, 0.25) is 0 Å². The van der Waals surface area contributed by atoms with E-state index in [1.807, 2.05) is 12.1 Å². The van der Waals surface area contributed by atoms with Gasteiger partial charge >= 0.3 is 0 Å². The van der Waals surface area contributed by atoms with Gasteiger partial charge in [0.05, 0.1) is 26.4 Å². The smallest absolute Gasteiger partial charge is 0.0717 e. The topological polar surface area (TPSA) is 18.5 Å². The number of fused-ring (bicyclic) bond motifs is 2. The lowest BCUT2D eigenvalue weighted by Crippen LogP contribution is -2.28. The van der Waals surface area contributed by atoms with Gasteiger partial charge in [0.15, 0.2) is 0 Å². The van der Waals surface area contributed by atoms with E-state index in [2.05, 4.69) is 60.7 Å². The first kappa shape index (κ1) is 16.6. The minimum Gasteiger partial charge on any atom is -0.376 e. The summed E-state index contributed by atoms with van der Waals surface area (Å²) in [7, 11) is 0. The first-order valence-corrected chi connectivity index (χ1v) is 9.32. The van der Waals surface area contributed by atoms with Crippen molar-refractivity contribution in [2.75, 3.05) is 13.2 Å². The van der Waals surface area contributed by atoms with Gasteiger partial charge in [0.2, 0.25) is 0 Å². The lowest BCUT2D eigenvalue weighted by atomic mass is 9.84. The van der Waals surface area contributed by atoms with Gasteiger partial charge in [-0.05, 0) is 41.2 Å². The second-order valence-electron chi connectivity index (χ2n) is 7.28. The predicted octanol–water partition coefficient (Wildman–Crippen LogP) is 4.86. The number of allylic oxidation sites excluding steroid dienone is 2. The van der Waals surface area contributed by atoms with Crippen LogP contribution in [0.5, 0.6) is 0 Å². The summed E-state index contributed by atoms with van der Waals surface area (Å²) in [6.45, 7) is 3.07. The molecule has 25 heavy (non-hydrogen) atoms. The van der Waals surface area contributed by atoms with Crippen molar-refractivity contribution in [1.82, 2.24) is 0 Å². The maximum atomic E-state index is 6.06. The van der Waals surface area contributed by atoms with Crippen molar-refractivity contribution in [2.24, 2.45) is 23.7 Å². The van der Waals surface area contributed by atoms with E-state index in [-0.39, 0.29) is 0 Å². The van der Waals surface area contributed by atoms with Crippen LogP contribution in [-0.4, -0.2) is 13.2 Å². The van der Waals surface area contributed by atoms with Gasteiger partial charge in [-0.1, -0.05) is 72.8 Å². The monoisotopic (exact) mass is 334 g/mol. The number of hydrogen-bond acceptors (Lipinski definition) is 2. The molecule has 0 spiro atoms. The first-order chi connectivity index (χ1) is 12.4. The standard InChI is InChI=1S/C23H26O2/c1-3-7-18(8-4-1)14-24-16-22-20-11-12-21(13-20)23(22)17-25-15-19-9-5-2-6-10-19/h1-12,20-23H,13-17H2/t20-,21+,22+,23-. The van der Waals surface area contributed by atoms with Crippen molar-refractivity contribution in [3.8, 4) is 0 Å². The van der Waals surface area contributed by atoms with Gasteiger partial charge in [-0.15, -0.1) is 0 Å². The Kier molecular flexibility index (Phi) is 5.29. The zero-order valence-electron chi connectivity index (χ0n) is 14.6. The molecular formula is C23H26O2. The van der Waals surface area contributed by atoms with E-state index in [1.54, 1.807) is 0 Å². The molecule has 2 aromatic rings. The minimum atomic E-state index is 0.592. The van der Waals surface area contributed by atoms with Crippen molar-refractivity contribution in [3.05, 3.63) is 83.9 Å². The molecule has 0 unspecified atom stereocenters. The molecule has 130 valence electrons. The largest absolute Gasteiger partial charge is 0.376 e. The minimum absolute atomic E-state index is 0.592. The highest BCUT2D eigenvalue weighted by Gasteiger charge is 2.44. The quantitative estimate of drug-likeness (QED) is 0.642. The molecular weight excluding hydrogens is 308 g/mol. The summed E-state index contributed by atoms with van der Waals surface area (Å²) in [5.74, 6) is 2.53. The molecule has 0 heterocycles. The Hall–Kier alpha value is -1.90. The van der Waals surface area contributed by atoms with Gasteiger partial charge in [0.25, 0.3) is 0 Å². The normalized spacial score (nSPS) is 27.0. The van der Waals surface area contributed by atoms with Crippen LogP contribution in [0, 0.1) is 23.7 Å².